The van der Waals surface area contributed by atoms with Gasteiger partial charge in [-0.2, -0.15) is 4.39 Å². The van der Waals surface area contributed by atoms with Crippen molar-refractivity contribution in [3.05, 3.63) is 83.8 Å². The van der Waals surface area contributed by atoms with Crippen molar-refractivity contribution >= 4 is 5.82 Å². The first-order chi connectivity index (χ1) is 13.7. The Hall–Kier alpha value is -3.81. The summed E-state index contributed by atoms with van der Waals surface area (Å²) < 4.78 is 24.0. The lowest BCUT2D eigenvalue weighted by atomic mass is 10.1. The van der Waals surface area contributed by atoms with E-state index in [0.29, 0.717) is 35.1 Å². The van der Waals surface area contributed by atoms with Crippen LogP contribution in [0, 0.1) is 5.95 Å². The third-order valence-electron chi connectivity index (χ3n) is 3.99. The van der Waals surface area contributed by atoms with Crippen LogP contribution in [-0.2, 0) is 13.0 Å². The summed E-state index contributed by atoms with van der Waals surface area (Å²) in [6.45, 7) is 0.142. The molecule has 0 atom stereocenters. The maximum absolute atomic E-state index is 13.1. The second-order valence-electron chi connectivity index (χ2n) is 6.04. The molecule has 4 rings (SSSR count). The SMILES string of the molecule is Nc1ncccc1-c1cc(Cc2ccc(OCc3cccc(F)n3)nc2)no1. The Morgan fingerprint density at radius 3 is 2.75 bits per heavy atom. The van der Waals surface area contributed by atoms with Crippen LogP contribution in [0.15, 0.2) is 65.4 Å². The molecular weight excluding hydrogens is 361 g/mol. The molecule has 2 N–H and O–H groups in total. The number of nitrogen functional groups attached to an aromatic ring is 1. The lowest BCUT2D eigenvalue weighted by molar-refractivity contribution is 0.287. The molecule has 4 aromatic heterocycles. The Balaban J connectivity index is 1.39. The van der Waals surface area contributed by atoms with E-state index in [2.05, 4.69) is 20.1 Å². The van der Waals surface area contributed by atoms with Crippen molar-refractivity contribution in [2.24, 2.45) is 0 Å². The molecule has 0 saturated carbocycles. The van der Waals surface area contributed by atoms with Gasteiger partial charge in [0.05, 0.1) is 17.0 Å². The molecule has 7 nitrogen and oxygen atoms in total. The molecular formula is C20H16FN5O2. The van der Waals surface area contributed by atoms with Gasteiger partial charge in [-0.3, -0.25) is 0 Å². The molecule has 0 aliphatic carbocycles. The number of hydrogen-bond donors (Lipinski definition) is 1. The molecule has 4 heterocycles. The van der Waals surface area contributed by atoms with Crippen LogP contribution in [0.4, 0.5) is 10.2 Å². The van der Waals surface area contributed by atoms with Crippen LogP contribution in [0.1, 0.15) is 17.0 Å². The predicted molar refractivity (Wildman–Crippen MR) is 99.7 cm³/mol. The van der Waals surface area contributed by atoms with Gasteiger partial charge in [-0.25, -0.2) is 15.0 Å². The summed E-state index contributed by atoms with van der Waals surface area (Å²) in [5, 5.41) is 4.07. The van der Waals surface area contributed by atoms with Gasteiger partial charge < -0.3 is 15.0 Å². The fourth-order valence-electron chi connectivity index (χ4n) is 2.64. The van der Waals surface area contributed by atoms with E-state index in [0.717, 1.165) is 11.3 Å². The Bertz CT molecular complexity index is 1080. The van der Waals surface area contributed by atoms with E-state index in [1.165, 1.54) is 6.07 Å². The minimum Gasteiger partial charge on any atom is -0.471 e. The standard InChI is InChI=1S/C20H16FN5O2/c21-18-5-1-3-14(25-18)12-27-19-7-6-13(11-24-19)9-15-10-17(28-26-15)16-4-2-8-23-20(16)22/h1-8,10-11H,9,12H2,(H2,22,23). The third kappa shape index (κ3) is 4.12. The van der Waals surface area contributed by atoms with Crippen LogP contribution in [0.3, 0.4) is 0 Å². The number of nitrogens with zero attached hydrogens (tertiary/aromatic N) is 4. The van der Waals surface area contributed by atoms with Crippen LogP contribution in [0.5, 0.6) is 5.88 Å². The second-order valence-corrected chi connectivity index (χ2v) is 6.04. The van der Waals surface area contributed by atoms with Gasteiger partial charge in [0.15, 0.2) is 5.76 Å². The fraction of sp³-hybridized carbons (Fsp3) is 0.100. The highest BCUT2D eigenvalue weighted by Crippen LogP contribution is 2.25. The van der Waals surface area contributed by atoms with Crippen LogP contribution in [0.25, 0.3) is 11.3 Å². The summed E-state index contributed by atoms with van der Waals surface area (Å²) >= 11 is 0. The Labute approximate surface area is 160 Å². The average Bonchev–Trinajstić information content (AvgIpc) is 3.16. The second kappa shape index (κ2) is 7.83. The van der Waals surface area contributed by atoms with E-state index in [1.807, 2.05) is 18.2 Å². The van der Waals surface area contributed by atoms with E-state index in [1.54, 1.807) is 36.7 Å². The minimum absolute atomic E-state index is 0.142. The highest BCUT2D eigenvalue weighted by molar-refractivity contribution is 5.69. The van der Waals surface area contributed by atoms with Gasteiger partial charge in [-0.15, -0.1) is 0 Å². The van der Waals surface area contributed by atoms with E-state index < -0.39 is 5.95 Å². The third-order valence-corrected chi connectivity index (χ3v) is 3.99. The Morgan fingerprint density at radius 2 is 1.96 bits per heavy atom. The average molecular weight is 377 g/mol. The highest BCUT2D eigenvalue weighted by Gasteiger charge is 2.11. The number of pyridine rings is 3. The maximum atomic E-state index is 13.1. The maximum Gasteiger partial charge on any atom is 0.213 e. The number of ether oxygens (including phenoxy) is 1. The van der Waals surface area contributed by atoms with E-state index >= 15 is 0 Å². The largest absolute Gasteiger partial charge is 0.471 e. The molecule has 0 spiro atoms. The Morgan fingerprint density at radius 1 is 1.04 bits per heavy atom. The first kappa shape index (κ1) is 17.6. The van der Waals surface area contributed by atoms with Crippen molar-refractivity contribution in [2.75, 3.05) is 5.73 Å². The number of hydrogen-bond acceptors (Lipinski definition) is 7. The van der Waals surface area contributed by atoms with E-state index in [4.69, 9.17) is 15.0 Å². The summed E-state index contributed by atoms with van der Waals surface area (Å²) in [4.78, 5) is 12.0. The molecule has 0 amide bonds. The molecule has 0 aliphatic heterocycles. The van der Waals surface area contributed by atoms with Crippen LogP contribution < -0.4 is 10.5 Å². The molecule has 0 fully saturated rings. The molecule has 0 aliphatic rings. The Kier molecular flexibility index (Phi) is 4.92. The summed E-state index contributed by atoms with van der Waals surface area (Å²) in [6, 6.07) is 13.6. The van der Waals surface area contributed by atoms with Gasteiger partial charge in [0.25, 0.3) is 0 Å². The lowest BCUT2D eigenvalue weighted by Crippen LogP contribution is -2.01. The monoisotopic (exact) mass is 377 g/mol. The van der Waals surface area contributed by atoms with Gasteiger partial charge in [0, 0.05) is 30.9 Å². The van der Waals surface area contributed by atoms with Gasteiger partial charge >= 0.3 is 0 Å². The molecule has 140 valence electrons. The number of halogens is 1. The molecule has 0 unspecified atom stereocenters. The quantitative estimate of drug-likeness (QED) is 0.514. The minimum atomic E-state index is -0.538. The van der Waals surface area contributed by atoms with Crippen molar-refractivity contribution in [3.8, 4) is 17.2 Å². The zero-order valence-electron chi connectivity index (χ0n) is 14.7. The number of anilines is 1. The summed E-state index contributed by atoms with van der Waals surface area (Å²) in [5.74, 6) is 0.848. The molecule has 28 heavy (non-hydrogen) atoms. The smallest absolute Gasteiger partial charge is 0.213 e. The van der Waals surface area contributed by atoms with Gasteiger partial charge in [-0.05, 0) is 29.8 Å². The first-order valence-corrected chi connectivity index (χ1v) is 8.53. The molecule has 0 radical (unpaired) electrons. The summed E-state index contributed by atoms with van der Waals surface area (Å²) in [5.41, 5.74) is 8.75. The summed E-state index contributed by atoms with van der Waals surface area (Å²) in [7, 11) is 0. The topological polar surface area (TPSA) is 100.0 Å². The van der Waals surface area contributed by atoms with Crippen LogP contribution in [0.2, 0.25) is 0 Å². The van der Waals surface area contributed by atoms with Crippen LogP contribution in [-0.4, -0.2) is 20.1 Å². The van der Waals surface area contributed by atoms with Crippen molar-refractivity contribution in [1.82, 2.24) is 20.1 Å². The van der Waals surface area contributed by atoms with Crippen LogP contribution >= 0.6 is 0 Å². The summed E-state index contributed by atoms with van der Waals surface area (Å²) in [6.07, 6.45) is 3.86. The molecule has 0 bridgehead atoms. The van der Waals surface area contributed by atoms with Crippen molar-refractivity contribution in [1.29, 1.82) is 0 Å². The van der Waals surface area contributed by atoms with Gasteiger partial charge in [0.1, 0.15) is 12.4 Å². The van der Waals surface area contributed by atoms with Crippen molar-refractivity contribution in [3.63, 3.8) is 0 Å². The molecule has 8 heteroatoms. The van der Waals surface area contributed by atoms with Gasteiger partial charge in [-0.1, -0.05) is 17.3 Å². The first-order valence-electron chi connectivity index (χ1n) is 8.53. The zero-order chi connectivity index (χ0) is 19.3. The number of nitrogens with two attached hydrogens (primary N) is 1. The molecule has 0 aromatic carbocycles. The zero-order valence-corrected chi connectivity index (χ0v) is 14.7. The van der Waals surface area contributed by atoms with Crippen molar-refractivity contribution < 1.29 is 13.7 Å². The lowest BCUT2D eigenvalue weighted by Gasteiger charge is -2.05. The van der Waals surface area contributed by atoms with E-state index in [9.17, 15) is 4.39 Å². The molecule has 4 aromatic rings. The number of rotatable bonds is 6. The highest BCUT2D eigenvalue weighted by atomic mass is 19.1. The fourth-order valence-corrected chi connectivity index (χ4v) is 2.64. The van der Waals surface area contributed by atoms with E-state index in [-0.39, 0.29) is 6.61 Å². The molecule has 0 saturated heterocycles. The number of aromatic nitrogens is 4. The normalized spacial score (nSPS) is 10.8. The van der Waals surface area contributed by atoms with Gasteiger partial charge in [0.2, 0.25) is 11.8 Å². The van der Waals surface area contributed by atoms with Crippen molar-refractivity contribution in [2.45, 2.75) is 13.0 Å². The predicted octanol–water partition coefficient (Wildman–Crippen LogP) is 3.42.